The molecule has 26 heavy (non-hydrogen) atoms. The molecule has 0 aromatic carbocycles. The summed E-state index contributed by atoms with van der Waals surface area (Å²) in [5.74, 6) is 1.91. The van der Waals surface area contributed by atoms with Crippen molar-refractivity contribution in [3.63, 3.8) is 0 Å². The zero-order valence-corrected chi connectivity index (χ0v) is 15.4. The maximum atomic E-state index is 12.5. The van der Waals surface area contributed by atoms with Crippen molar-refractivity contribution in [2.45, 2.75) is 45.6 Å². The number of rotatable bonds is 5. The number of amides is 2. The van der Waals surface area contributed by atoms with Crippen LogP contribution in [0.15, 0.2) is 22.9 Å². The fraction of sp³-hybridized carbons (Fsp3) is 0.556. The van der Waals surface area contributed by atoms with Gasteiger partial charge < -0.3 is 14.6 Å². The topological polar surface area (TPSA) is 102 Å². The van der Waals surface area contributed by atoms with Crippen molar-refractivity contribution in [1.29, 1.82) is 0 Å². The third-order valence-corrected chi connectivity index (χ3v) is 4.42. The van der Waals surface area contributed by atoms with Crippen LogP contribution in [0.3, 0.4) is 0 Å². The maximum Gasteiger partial charge on any atom is 0.321 e. The summed E-state index contributed by atoms with van der Waals surface area (Å²) >= 11 is 0. The van der Waals surface area contributed by atoms with E-state index in [9.17, 15) is 4.79 Å². The van der Waals surface area contributed by atoms with Crippen LogP contribution in [0.25, 0.3) is 0 Å². The van der Waals surface area contributed by atoms with Crippen LogP contribution in [0, 0.1) is 12.8 Å². The quantitative estimate of drug-likeness (QED) is 0.850. The number of aryl methyl sites for hydroxylation is 1. The van der Waals surface area contributed by atoms with Gasteiger partial charge in [0.25, 0.3) is 0 Å². The molecule has 0 radical (unpaired) electrons. The molecule has 2 N–H and O–H groups in total. The predicted octanol–water partition coefficient (Wildman–Crippen LogP) is 3.19. The Labute approximate surface area is 152 Å². The average Bonchev–Trinajstić information content (AvgIpc) is 3.12. The molecular formula is C18H25N5O3. The molecule has 0 aliphatic carbocycles. The molecule has 2 amide bonds. The summed E-state index contributed by atoms with van der Waals surface area (Å²) in [5, 5.41) is 9.76. The molecule has 3 heterocycles. The molecule has 1 fully saturated rings. The van der Waals surface area contributed by atoms with Gasteiger partial charge in [-0.25, -0.2) is 9.78 Å². The lowest BCUT2D eigenvalue weighted by molar-refractivity contribution is 0.0506. The van der Waals surface area contributed by atoms with Gasteiger partial charge in [-0.3, -0.25) is 5.32 Å². The fourth-order valence-corrected chi connectivity index (χ4v) is 2.87. The van der Waals surface area contributed by atoms with E-state index in [-0.39, 0.29) is 23.9 Å². The summed E-state index contributed by atoms with van der Waals surface area (Å²) in [6.07, 6.45) is 3.36. The summed E-state index contributed by atoms with van der Waals surface area (Å²) < 4.78 is 10.9. The predicted molar refractivity (Wildman–Crippen MR) is 95.8 cm³/mol. The van der Waals surface area contributed by atoms with Gasteiger partial charge in [-0.15, -0.1) is 0 Å². The van der Waals surface area contributed by atoms with Crippen LogP contribution in [-0.4, -0.2) is 34.4 Å². The zero-order valence-electron chi connectivity index (χ0n) is 15.4. The number of carbonyl (C=O) groups excluding carboxylic acids is 1. The number of nitrogens with zero attached hydrogens (tertiary/aromatic N) is 3. The highest BCUT2D eigenvalue weighted by Gasteiger charge is 2.31. The number of anilines is 1. The van der Waals surface area contributed by atoms with Crippen LogP contribution in [0.4, 0.5) is 10.6 Å². The Kier molecular flexibility index (Phi) is 5.82. The second kappa shape index (κ2) is 8.27. The van der Waals surface area contributed by atoms with Gasteiger partial charge in [-0.05, 0) is 37.3 Å². The molecule has 1 aliphatic rings. The van der Waals surface area contributed by atoms with Gasteiger partial charge >= 0.3 is 6.03 Å². The molecule has 1 atom stereocenters. The van der Waals surface area contributed by atoms with Crippen molar-refractivity contribution < 1.29 is 14.1 Å². The second-order valence-corrected chi connectivity index (χ2v) is 6.89. The number of aromatic nitrogens is 3. The van der Waals surface area contributed by atoms with Gasteiger partial charge in [0.05, 0.1) is 0 Å². The van der Waals surface area contributed by atoms with Crippen molar-refractivity contribution in [2.24, 2.45) is 5.92 Å². The van der Waals surface area contributed by atoms with Gasteiger partial charge in [0, 0.05) is 25.3 Å². The van der Waals surface area contributed by atoms with Crippen LogP contribution in [0.1, 0.15) is 55.9 Å². The lowest BCUT2D eigenvalue weighted by Gasteiger charge is -2.28. The van der Waals surface area contributed by atoms with E-state index in [0.717, 1.165) is 18.4 Å². The van der Waals surface area contributed by atoms with Crippen LogP contribution in [-0.2, 0) is 4.74 Å². The lowest BCUT2D eigenvalue weighted by Crippen LogP contribution is -2.38. The second-order valence-electron chi connectivity index (χ2n) is 6.89. The Balaban J connectivity index is 1.73. The molecule has 3 rings (SSSR count). The van der Waals surface area contributed by atoms with Crippen LogP contribution in [0.5, 0.6) is 0 Å². The first-order chi connectivity index (χ1) is 12.5. The third-order valence-electron chi connectivity index (χ3n) is 4.42. The first-order valence-electron chi connectivity index (χ1n) is 8.94. The van der Waals surface area contributed by atoms with Crippen LogP contribution < -0.4 is 10.6 Å². The maximum absolute atomic E-state index is 12.5. The Morgan fingerprint density at radius 3 is 2.65 bits per heavy atom. The highest BCUT2D eigenvalue weighted by molar-refractivity contribution is 5.88. The lowest BCUT2D eigenvalue weighted by atomic mass is 9.91. The zero-order chi connectivity index (χ0) is 18.5. The van der Waals surface area contributed by atoms with Gasteiger partial charge in [0.15, 0.2) is 5.82 Å². The number of urea groups is 1. The fourth-order valence-electron chi connectivity index (χ4n) is 2.87. The highest BCUT2D eigenvalue weighted by Crippen LogP contribution is 2.30. The molecule has 0 saturated carbocycles. The Morgan fingerprint density at radius 2 is 2.04 bits per heavy atom. The van der Waals surface area contributed by atoms with Crippen LogP contribution >= 0.6 is 0 Å². The molecule has 2 aromatic rings. The Hall–Kier alpha value is -2.48. The van der Waals surface area contributed by atoms with E-state index in [2.05, 4.69) is 25.8 Å². The van der Waals surface area contributed by atoms with Gasteiger partial charge in [-0.1, -0.05) is 25.1 Å². The van der Waals surface area contributed by atoms with Crippen LogP contribution in [0.2, 0.25) is 0 Å². The normalized spacial score (nSPS) is 16.5. The van der Waals surface area contributed by atoms with E-state index in [0.29, 0.717) is 30.7 Å². The minimum Gasteiger partial charge on any atom is -0.381 e. The third kappa shape index (κ3) is 4.57. The summed E-state index contributed by atoms with van der Waals surface area (Å²) in [6.45, 7) is 7.27. The molecule has 0 bridgehead atoms. The molecule has 8 nitrogen and oxygen atoms in total. The van der Waals surface area contributed by atoms with E-state index in [4.69, 9.17) is 9.26 Å². The molecule has 1 aliphatic heterocycles. The minimum absolute atomic E-state index is 0.161. The molecule has 0 spiro atoms. The molecule has 1 saturated heterocycles. The Bertz CT molecular complexity index is 723. The van der Waals surface area contributed by atoms with Crippen molar-refractivity contribution >= 4 is 11.8 Å². The van der Waals surface area contributed by atoms with E-state index in [1.165, 1.54) is 0 Å². The van der Waals surface area contributed by atoms with E-state index in [1.807, 2.05) is 26.8 Å². The van der Waals surface area contributed by atoms with Crippen molar-refractivity contribution in [2.75, 3.05) is 18.5 Å². The number of hydrogen-bond acceptors (Lipinski definition) is 6. The molecule has 8 heteroatoms. The number of ether oxygens (including phenoxy) is 1. The molecule has 140 valence electrons. The minimum atomic E-state index is -0.357. The number of hydrogen-bond donors (Lipinski definition) is 2. The monoisotopic (exact) mass is 359 g/mol. The summed E-state index contributed by atoms with van der Waals surface area (Å²) in [7, 11) is 0. The molecule has 2 aromatic heterocycles. The summed E-state index contributed by atoms with van der Waals surface area (Å²) in [6, 6.07) is 2.96. The van der Waals surface area contributed by atoms with E-state index in [1.54, 1.807) is 12.3 Å². The average molecular weight is 359 g/mol. The number of pyridine rings is 1. The SMILES string of the molecule is Cc1ccc(NC(=O)NC(c2nc(C(C)C)no2)C2CCOCC2)nc1. The van der Waals surface area contributed by atoms with Crippen molar-refractivity contribution in [3.8, 4) is 0 Å². The van der Waals surface area contributed by atoms with E-state index >= 15 is 0 Å². The molecular weight excluding hydrogens is 334 g/mol. The standard InChI is InChI=1S/C18H25N5O3/c1-11(2)16-22-17(26-23-16)15(13-6-8-25-9-7-13)21-18(24)20-14-5-4-12(3)10-19-14/h4-5,10-11,13,15H,6-9H2,1-3H3,(H2,19,20,21,24). The largest absolute Gasteiger partial charge is 0.381 e. The van der Waals surface area contributed by atoms with E-state index < -0.39 is 0 Å². The van der Waals surface area contributed by atoms with Gasteiger partial charge in [0.2, 0.25) is 5.89 Å². The first-order valence-corrected chi connectivity index (χ1v) is 8.94. The van der Waals surface area contributed by atoms with Crippen molar-refractivity contribution in [3.05, 3.63) is 35.6 Å². The smallest absolute Gasteiger partial charge is 0.321 e. The number of nitrogens with one attached hydrogen (secondary N) is 2. The van der Waals surface area contributed by atoms with Gasteiger partial charge in [-0.2, -0.15) is 4.98 Å². The summed E-state index contributed by atoms with van der Waals surface area (Å²) in [5.41, 5.74) is 1.03. The van der Waals surface area contributed by atoms with Crippen molar-refractivity contribution in [1.82, 2.24) is 20.4 Å². The Morgan fingerprint density at radius 1 is 1.27 bits per heavy atom. The summed E-state index contributed by atoms with van der Waals surface area (Å²) in [4.78, 5) is 21.2. The van der Waals surface area contributed by atoms with Gasteiger partial charge in [0.1, 0.15) is 11.9 Å². The first kappa shape index (κ1) is 18.3. The molecule has 1 unspecified atom stereocenters. The number of carbonyl (C=O) groups is 1. The highest BCUT2D eigenvalue weighted by atomic mass is 16.5.